The predicted octanol–water partition coefficient (Wildman–Crippen LogP) is 1.36. The minimum atomic E-state index is -0.433. The van der Waals surface area contributed by atoms with Crippen LogP contribution in [0.3, 0.4) is 0 Å². The molecule has 19 heavy (non-hydrogen) atoms. The molecule has 1 amide bonds. The van der Waals surface area contributed by atoms with Gasteiger partial charge in [-0.2, -0.15) is 0 Å². The molecule has 1 aromatic rings. The van der Waals surface area contributed by atoms with E-state index in [0.717, 1.165) is 18.7 Å². The lowest BCUT2D eigenvalue weighted by Crippen LogP contribution is -2.46. The van der Waals surface area contributed by atoms with E-state index < -0.39 is 6.10 Å². The molecule has 1 saturated heterocycles. The van der Waals surface area contributed by atoms with Gasteiger partial charge in [0.05, 0.1) is 17.4 Å². The van der Waals surface area contributed by atoms with Crippen LogP contribution in [0.5, 0.6) is 0 Å². The summed E-state index contributed by atoms with van der Waals surface area (Å²) in [6.07, 6.45) is 3.66. The van der Waals surface area contributed by atoms with Crippen LogP contribution in [0.15, 0.2) is 18.5 Å². The van der Waals surface area contributed by atoms with E-state index in [9.17, 15) is 9.90 Å². The molecule has 5 nitrogen and oxygen atoms in total. The second-order valence-electron chi connectivity index (χ2n) is 5.04. The van der Waals surface area contributed by atoms with Crippen molar-refractivity contribution in [2.75, 3.05) is 25.0 Å². The fraction of sp³-hybridized carbons (Fsp3) is 0.571. The van der Waals surface area contributed by atoms with Gasteiger partial charge in [0.15, 0.2) is 0 Å². The molecule has 0 radical (unpaired) electrons. The lowest BCUT2D eigenvalue weighted by atomic mass is 9.95. The number of hydrogen-bond donors (Lipinski definition) is 2. The minimum absolute atomic E-state index is 0.0602. The van der Waals surface area contributed by atoms with Gasteiger partial charge in [-0.25, -0.2) is 0 Å². The lowest BCUT2D eigenvalue weighted by Gasteiger charge is -2.34. The van der Waals surface area contributed by atoms with Gasteiger partial charge in [0.1, 0.15) is 0 Å². The number of aliphatic hydroxyl groups excluding tert-OH is 1. The van der Waals surface area contributed by atoms with E-state index in [1.54, 1.807) is 23.4 Å². The zero-order chi connectivity index (χ0) is 13.8. The van der Waals surface area contributed by atoms with Gasteiger partial charge in [-0.05, 0) is 25.3 Å². The summed E-state index contributed by atoms with van der Waals surface area (Å²) >= 11 is 0. The number of carbonyl (C=O) groups excluding carboxylic acids is 1. The number of hydrogen-bond acceptors (Lipinski definition) is 4. The van der Waals surface area contributed by atoms with Crippen LogP contribution in [0.25, 0.3) is 0 Å². The van der Waals surface area contributed by atoms with Crippen molar-refractivity contribution in [3.05, 3.63) is 24.0 Å². The highest BCUT2D eigenvalue weighted by Crippen LogP contribution is 2.21. The highest BCUT2D eigenvalue weighted by atomic mass is 16.3. The number of anilines is 1. The Labute approximate surface area is 113 Å². The van der Waals surface area contributed by atoms with Crippen molar-refractivity contribution < 1.29 is 9.90 Å². The highest BCUT2D eigenvalue weighted by molar-refractivity contribution is 5.99. The number of rotatable bonds is 3. The Kier molecular flexibility index (Phi) is 4.37. The summed E-state index contributed by atoms with van der Waals surface area (Å²) in [7, 11) is 0. The SMILES string of the molecule is CCNc1ccncc1C(=O)N1CCC(C)C(O)C1. The van der Waals surface area contributed by atoms with Crippen molar-refractivity contribution in [1.29, 1.82) is 0 Å². The molecule has 5 heteroatoms. The summed E-state index contributed by atoms with van der Waals surface area (Å²) in [6, 6.07) is 1.81. The van der Waals surface area contributed by atoms with E-state index >= 15 is 0 Å². The Morgan fingerprint density at radius 3 is 3.11 bits per heavy atom. The lowest BCUT2D eigenvalue weighted by molar-refractivity contribution is 0.0249. The molecule has 2 rings (SSSR count). The van der Waals surface area contributed by atoms with E-state index in [1.807, 2.05) is 13.8 Å². The third kappa shape index (κ3) is 3.04. The standard InChI is InChI=1S/C14H21N3O2/c1-3-16-12-4-6-15-8-11(12)14(19)17-7-5-10(2)13(18)9-17/h4,6,8,10,13,18H,3,5,7,9H2,1-2H3,(H,15,16). The molecule has 0 spiro atoms. The van der Waals surface area contributed by atoms with Crippen molar-refractivity contribution >= 4 is 11.6 Å². The Balaban J connectivity index is 2.15. The van der Waals surface area contributed by atoms with E-state index in [4.69, 9.17) is 0 Å². The van der Waals surface area contributed by atoms with Crippen molar-refractivity contribution in [3.8, 4) is 0 Å². The van der Waals surface area contributed by atoms with Gasteiger partial charge in [-0.1, -0.05) is 6.92 Å². The molecule has 0 saturated carbocycles. The molecule has 1 aromatic heterocycles. The number of nitrogens with zero attached hydrogens (tertiary/aromatic N) is 2. The Hall–Kier alpha value is -1.62. The molecule has 2 N–H and O–H groups in total. The first-order valence-electron chi connectivity index (χ1n) is 6.78. The largest absolute Gasteiger partial charge is 0.391 e. The third-order valence-corrected chi connectivity index (χ3v) is 3.62. The third-order valence-electron chi connectivity index (χ3n) is 3.62. The quantitative estimate of drug-likeness (QED) is 0.864. The summed E-state index contributed by atoms with van der Waals surface area (Å²) in [4.78, 5) is 18.2. The van der Waals surface area contributed by atoms with E-state index in [1.165, 1.54) is 0 Å². The summed E-state index contributed by atoms with van der Waals surface area (Å²) in [6.45, 7) is 5.85. The van der Waals surface area contributed by atoms with Crippen molar-refractivity contribution in [1.82, 2.24) is 9.88 Å². The topological polar surface area (TPSA) is 65.5 Å². The van der Waals surface area contributed by atoms with Crippen LogP contribution in [-0.4, -0.2) is 46.6 Å². The normalized spacial score (nSPS) is 23.2. The van der Waals surface area contributed by atoms with Gasteiger partial charge < -0.3 is 15.3 Å². The van der Waals surface area contributed by atoms with Crippen LogP contribution in [0.1, 0.15) is 30.6 Å². The minimum Gasteiger partial charge on any atom is -0.391 e. The molecule has 0 aromatic carbocycles. The molecule has 1 aliphatic heterocycles. The van der Waals surface area contributed by atoms with Gasteiger partial charge in [0, 0.05) is 32.0 Å². The number of pyridine rings is 1. The fourth-order valence-electron chi connectivity index (χ4n) is 2.31. The molecule has 1 aliphatic rings. The van der Waals surface area contributed by atoms with Crippen LogP contribution in [0.4, 0.5) is 5.69 Å². The smallest absolute Gasteiger partial charge is 0.257 e. The second-order valence-corrected chi connectivity index (χ2v) is 5.04. The monoisotopic (exact) mass is 263 g/mol. The maximum atomic E-state index is 12.5. The average molecular weight is 263 g/mol. The number of amides is 1. The fourth-order valence-corrected chi connectivity index (χ4v) is 2.31. The van der Waals surface area contributed by atoms with Gasteiger partial charge in [-0.3, -0.25) is 9.78 Å². The van der Waals surface area contributed by atoms with Crippen molar-refractivity contribution in [2.24, 2.45) is 5.92 Å². The van der Waals surface area contributed by atoms with Crippen molar-refractivity contribution in [3.63, 3.8) is 0 Å². The van der Waals surface area contributed by atoms with Gasteiger partial charge in [0.25, 0.3) is 5.91 Å². The second kappa shape index (κ2) is 6.02. The number of carbonyl (C=O) groups is 1. The van der Waals surface area contributed by atoms with E-state index in [2.05, 4.69) is 10.3 Å². The number of piperidine rings is 1. The maximum Gasteiger partial charge on any atom is 0.257 e. The van der Waals surface area contributed by atoms with Gasteiger partial charge in [0.2, 0.25) is 0 Å². The molecular formula is C14H21N3O2. The molecule has 2 unspecified atom stereocenters. The van der Waals surface area contributed by atoms with Gasteiger partial charge in [-0.15, -0.1) is 0 Å². The zero-order valence-electron chi connectivity index (χ0n) is 11.5. The Bertz CT molecular complexity index is 450. The molecule has 0 aliphatic carbocycles. The van der Waals surface area contributed by atoms with Crippen molar-refractivity contribution in [2.45, 2.75) is 26.4 Å². The van der Waals surface area contributed by atoms with Gasteiger partial charge >= 0.3 is 0 Å². The summed E-state index contributed by atoms with van der Waals surface area (Å²) in [5.74, 6) is 0.196. The molecule has 0 bridgehead atoms. The zero-order valence-corrected chi connectivity index (χ0v) is 11.5. The molecular weight excluding hydrogens is 242 g/mol. The number of nitrogens with one attached hydrogen (secondary N) is 1. The molecule has 1 fully saturated rings. The van der Waals surface area contributed by atoms with Crippen LogP contribution in [-0.2, 0) is 0 Å². The Morgan fingerprint density at radius 2 is 2.42 bits per heavy atom. The Morgan fingerprint density at radius 1 is 1.63 bits per heavy atom. The summed E-state index contributed by atoms with van der Waals surface area (Å²) < 4.78 is 0. The summed E-state index contributed by atoms with van der Waals surface area (Å²) in [5.41, 5.74) is 1.38. The predicted molar refractivity (Wildman–Crippen MR) is 74.1 cm³/mol. The number of β-amino-alcohol motifs (C(OH)–C–C–N with tert-alkyl or cyclic N) is 1. The van der Waals surface area contributed by atoms with E-state index in [0.29, 0.717) is 18.7 Å². The number of aromatic nitrogens is 1. The summed E-state index contributed by atoms with van der Waals surface area (Å²) in [5, 5.41) is 13.1. The van der Waals surface area contributed by atoms with Crippen LogP contribution in [0.2, 0.25) is 0 Å². The number of aliphatic hydroxyl groups is 1. The average Bonchev–Trinajstić information content (AvgIpc) is 2.42. The molecule has 2 atom stereocenters. The maximum absolute atomic E-state index is 12.5. The van der Waals surface area contributed by atoms with E-state index in [-0.39, 0.29) is 11.8 Å². The highest BCUT2D eigenvalue weighted by Gasteiger charge is 2.28. The number of likely N-dealkylation sites (tertiary alicyclic amines) is 1. The van der Waals surface area contributed by atoms with Crippen LogP contribution in [0, 0.1) is 5.92 Å². The molecule has 104 valence electrons. The first-order chi connectivity index (χ1) is 9.13. The molecule has 2 heterocycles. The van der Waals surface area contributed by atoms with Crippen LogP contribution >= 0.6 is 0 Å². The first-order valence-corrected chi connectivity index (χ1v) is 6.78. The van der Waals surface area contributed by atoms with Crippen LogP contribution < -0.4 is 5.32 Å². The first kappa shape index (κ1) is 13.8.